The van der Waals surface area contributed by atoms with Gasteiger partial charge in [-0.15, -0.1) is 0 Å². The summed E-state index contributed by atoms with van der Waals surface area (Å²) in [6.45, 7) is 2.29. The van der Waals surface area contributed by atoms with Gasteiger partial charge in [-0.25, -0.2) is 8.78 Å². The van der Waals surface area contributed by atoms with E-state index in [4.69, 9.17) is 0 Å². The lowest BCUT2D eigenvalue weighted by Crippen LogP contribution is -2.15. The maximum Gasteiger partial charge on any atom is 0.159 e. The van der Waals surface area contributed by atoms with Crippen LogP contribution < -0.4 is 0 Å². The maximum atomic E-state index is 13.5. The van der Waals surface area contributed by atoms with Crippen molar-refractivity contribution in [1.82, 2.24) is 0 Å². The summed E-state index contributed by atoms with van der Waals surface area (Å²) in [4.78, 5) is 0. The number of hydrogen-bond acceptors (Lipinski definition) is 0. The Kier molecular flexibility index (Phi) is 9.88. The lowest BCUT2D eigenvalue weighted by atomic mass is 9.76. The average Bonchev–Trinajstić information content (AvgIpc) is 2.78. The molecule has 0 nitrogen and oxygen atoms in total. The number of hydrogen-bond donors (Lipinski definition) is 0. The first-order valence-electron chi connectivity index (χ1n) is 12.8. The molecular formula is C28H42F2. The van der Waals surface area contributed by atoms with Gasteiger partial charge in [0, 0.05) is 0 Å². The molecule has 0 N–H and O–H groups in total. The summed E-state index contributed by atoms with van der Waals surface area (Å²) in [6.07, 6.45) is 25.1. The van der Waals surface area contributed by atoms with Gasteiger partial charge in [0.2, 0.25) is 0 Å². The first kappa shape index (κ1) is 23.5. The van der Waals surface area contributed by atoms with Gasteiger partial charge >= 0.3 is 0 Å². The monoisotopic (exact) mass is 416 g/mol. The first-order chi connectivity index (χ1) is 14.7. The van der Waals surface area contributed by atoms with Crippen molar-refractivity contribution in [1.29, 1.82) is 0 Å². The van der Waals surface area contributed by atoms with Crippen LogP contribution in [0, 0.1) is 29.4 Å². The van der Waals surface area contributed by atoms with Gasteiger partial charge in [0.1, 0.15) is 0 Å². The standard InChI is InChI=1S/C28H42F2/c1-2-3-4-5-6-7-8-22-9-11-23(12-10-22)13-14-24-15-17-25(18-16-24)26-19-20-27(29)28(30)21-26/h13-14,19-25H,2-12,15-18H2,1H3/t22-,23-,24-,25-. The van der Waals surface area contributed by atoms with E-state index in [-0.39, 0.29) is 0 Å². The molecule has 1 aromatic carbocycles. The summed E-state index contributed by atoms with van der Waals surface area (Å²) in [5.41, 5.74) is 0.972. The van der Waals surface area contributed by atoms with Crippen molar-refractivity contribution in [2.45, 2.75) is 109 Å². The molecule has 2 fully saturated rings. The third-order valence-corrected chi connectivity index (χ3v) is 7.70. The zero-order valence-electron chi connectivity index (χ0n) is 19.1. The molecule has 0 radical (unpaired) electrons. The van der Waals surface area contributed by atoms with Crippen LogP contribution in [0.2, 0.25) is 0 Å². The van der Waals surface area contributed by atoms with Crippen molar-refractivity contribution in [3.05, 3.63) is 47.5 Å². The van der Waals surface area contributed by atoms with Gasteiger partial charge in [-0.1, -0.05) is 70.1 Å². The van der Waals surface area contributed by atoms with E-state index < -0.39 is 11.6 Å². The fraction of sp³-hybridized carbons (Fsp3) is 0.714. The molecule has 0 atom stereocenters. The van der Waals surface area contributed by atoms with Crippen molar-refractivity contribution in [3.8, 4) is 0 Å². The molecule has 30 heavy (non-hydrogen) atoms. The van der Waals surface area contributed by atoms with Gasteiger partial charge < -0.3 is 0 Å². The first-order valence-corrected chi connectivity index (χ1v) is 12.8. The number of benzene rings is 1. The molecule has 0 spiro atoms. The second-order valence-electron chi connectivity index (χ2n) is 10.0. The predicted octanol–water partition coefficient (Wildman–Crippen LogP) is 9.35. The fourth-order valence-electron chi connectivity index (χ4n) is 5.61. The highest BCUT2D eigenvalue weighted by molar-refractivity contribution is 5.22. The van der Waals surface area contributed by atoms with E-state index >= 15 is 0 Å². The number of halogens is 2. The van der Waals surface area contributed by atoms with Crippen LogP contribution in [0.1, 0.15) is 115 Å². The number of unbranched alkanes of at least 4 members (excludes halogenated alkanes) is 5. The lowest BCUT2D eigenvalue weighted by molar-refractivity contribution is 0.287. The molecule has 0 heterocycles. The SMILES string of the molecule is CCCCCCCC[C@H]1CC[C@H](C=C[C@H]2CC[C@H](c3ccc(F)c(F)c3)CC2)CC1. The van der Waals surface area contributed by atoms with Crippen molar-refractivity contribution in [2.75, 3.05) is 0 Å². The van der Waals surface area contributed by atoms with Gasteiger partial charge in [-0.05, 0) is 92.7 Å². The average molecular weight is 417 g/mol. The van der Waals surface area contributed by atoms with Gasteiger partial charge in [0.25, 0.3) is 0 Å². The summed E-state index contributed by atoms with van der Waals surface area (Å²) in [6, 6.07) is 4.45. The largest absolute Gasteiger partial charge is 0.204 e. The molecule has 2 aliphatic carbocycles. The van der Waals surface area contributed by atoms with Crippen LogP contribution in [0.4, 0.5) is 8.78 Å². The van der Waals surface area contributed by atoms with E-state index in [0.29, 0.717) is 11.8 Å². The summed E-state index contributed by atoms with van der Waals surface area (Å²) >= 11 is 0. The highest BCUT2D eigenvalue weighted by atomic mass is 19.2. The summed E-state index contributed by atoms with van der Waals surface area (Å²) < 4.78 is 26.7. The van der Waals surface area contributed by atoms with Crippen LogP contribution >= 0.6 is 0 Å². The van der Waals surface area contributed by atoms with Gasteiger partial charge in [-0.3, -0.25) is 0 Å². The molecular weight excluding hydrogens is 374 g/mol. The highest BCUT2D eigenvalue weighted by Crippen LogP contribution is 2.38. The molecule has 2 heteroatoms. The van der Waals surface area contributed by atoms with E-state index in [1.807, 2.05) is 0 Å². The number of allylic oxidation sites excluding steroid dienone is 2. The van der Waals surface area contributed by atoms with E-state index in [0.717, 1.165) is 30.2 Å². The van der Waals surface area contributed by atoms with Crippen molar-refractivity contribution in [3.63, 3.8) is 0 Å². The van der Waals surface area contributed by atoms with Crippen LogP contribution in [0.5, 0.6) is 0 Å². The van der Waals surface area contributed by atoms with Gasteiger partial charge in [0.15, 0.2) is 11.6 Å². The van der Waals surface area contributed by atoms with Crippen LogP contribution in [-0.4, -0.2) is 0 Å². The summed E-state index contributed by atoms with van der Waals surface area (Å²) in [5, 5.41) is 0. The minimum absolute atomic E-state index is 0.391. The Bertz CT molecular complexity index is 634. The third-order valence-electron chi connectivity index (χ3n) is 7.70. The minimum Gasteiger partial charge on any atom is -0.204 e. The van der Waals surface area contributed by atoms with Gasteiger partial charge in [-0.2, -0.15) is 0 Å². The van der Waals surface area contributed by atoms with Crippen LogP contribution in [0.15, 0.2) is 30.4 Å². The molecule has 0 amide bonds. The smallest absolute Gasteiger partial charge is 0.159 e. The summed E-state index contributed by atoms with van der Waals surface area (Å²) in [5.74, 6) is 1.38. The van der Waals surface area contributed by atoms with Crippen LogP contribution in [0.25, 0.3) is 0 Å². The Balaban J connectivity index is 1.30. The van der Waals surface area contributed by atoms with E-state index in [9.17, 15) is 8.78 Å². The minimum atomic E-state index is -0.739. The number of rotatable bonds is 10. The Morgan fingerprint density at radius 3 is 1.97 bits per heavy atom. The second kappa shape index (κ2) is 12.6. The fourth-order valence-corrected chi connectivity index (χ4v) is 5.61. The molecule has 168 valence electrons. The molecule has 0 bridgehead atoms. The highest BCUT2D eigenvalue weighted by Gasteiger charge is 2.23. The van der Waals surface area contributed by atoms with E-state index in [1.165, 1.54) is 95.6 Å². The van der Waals surface area contributed by atoms with Crippen molar-refractivity contribution in [2.24, 2.45) is 17.8 Å². The third kappa shape index (κ3) is 7.50. The molecule has 1 aromatic rings. The Morgan fingerprint density at radius 2 is 1.33 bits per heavy atom. The molecule has 0 aromatic heterocycles. The molecule has 2 aliphatic rings. The molecule has 0 unspecified atom stereocenters. The van der Waals surface area contributed by atoms with Crippen LogP contribution in [0.3, 0.4) is 0 Å². The Hall–Kier alpha value is -1.18. The maximum absolute atomic E-state index is 13.5. The summed E-state index contributed by atoms with van der Waals surface area (Å²) in [7, 11) is 0. The van der Waals surface area contributed by atoms with Gasteiger partial charge in [0.05, 0.1) is 0 Å². The van der Waals surface area contributed by atoms with E-state index in [1.54, 1.807) is 6.07 Å². The van der Waals surface area contributed by atoms with E-state index in [2.05, 4.69) is 19.1 Å². The van der Waals surface area contributed by atoms with Crippen molar-refractivity contribution >= 4 is 0 Å². The molecule has 3 rings (SSSR count). The topological polar surface area (TPSA) is 0 Å². The quantitative estimate of drug-likeness (QED) is 0.263. The normalized spacial score (nSPS) is 27.6. The zero-order valence-corrected chi connectivity index (χ0v) is 19.1. The van der Waals surface area contributed by atoms with Crippen LogP contribution in [-0.2, 0) is 0 Å². The Morgan fingerprint density at radius 1 is 0.733 bits per heavy atom. The molecule has 2 saturated carbocycles. The second-order valence-corrected chi connectivity index (χ2v) is 10.0. The molecule has 0 saturated heterocycles. The lowest BCUT2D eigenvalue weighted by Gasteiger charge is -2.29. The van der Waals surface area contributed by atoms with Crippen molar-refractivity contribution < 1.29 is 8.78 Å². The molecule has 0 aliphatic heterocycles. The predicted molar refractivity (Wildman–Crippen MR) is 124 cm³/mol. The zero-order chi connectivity index (χ0) is 21.2. The Labute approximate surface area is 183 Å².